The van der Waals surface area contributed by atoms with Gasteiger partial charge in [0.05, 0.1) is 18.7 Å². The number of oxazole rings is 1. The Bertz CT molecular complexity index is 658. The summed E-state index contributed by atoms with van der Waals surface area (Å²) in [6, 6.07) is 4.90. The minimum absolute atomic E-state index is 0.117. The summed E-state index contributed by atoms with van der Waals surface area (Å²) < 4.78 is 11.1. The maximum atomic E-state index is 11.7. The molecule has 1 aromatic heterocycles. The van der Waals surface area contributed by atoms with E-state index < -0.39 is 5.76 Å². The number of benzene rings is 1. The van der Waals surface area contributed by atoms with Gasteiger partial charge in [0.1, 0.15) is 6.54 Å². The number of ether oxygens (including phenoxy) is 1. The number of hydrogen-bond donors (Lipinski definition) is 2. The topological polar surface area (TPSA) is 93.7 Å². The van der Waals surface area contributed by atoms with Gasteiger partial charge in [-0.1, -0.05) is 6.07 Å². The van der Waals surface area contributed by atoms with Gasteiger partial charge < -0.3 is 19.6 Å². The van der Waals surface area contributed by atoms with Crippen LogP contribution in [0.3, 0.4) is 0 Å². The summed E-state index contributed by atoms with van der Waals surface area (Å²) in [7, 11) is 1.54. The lowest BCUT2D eigenvalue weighted by molar-refractivity contribution is -0.121. The number of carbonyl (C=O) groups is 1. The van der Waals surface area contributed by atoms with Crippen molar-refractivity contribution >= 4 is 17.0 Å². The van der Waals surface area contributed by atoms with Crippen LogP contribution >= 0.6 is 0 Å². The van der Waals surface area contributed by atoms with Crippen molar-refractivity contribution in [2.45, 2.75) is 13.2 Å². The number of fused-ring (bicyclic) bond motifs is 1. The first kappa shape index (κ1) is 14.3. The third-order valence-corrected chi connectivity index (χ3v) is 2.85. The second-order valence-corrected chi connectivity index (χ2v) is 4.26. The van der Waals surface area contributed by atoms with Crippen LogP contribution in [0.2, 0.25) is 0 Å². The number of amides is 1. The Labute approximate surface area is 114 Å². The van der Waals surface area contributed by atoms with E-state index in [-0.39, 0.29) is 19.1 Å². The van der Waals surface area contributed by atoms with Crippen LogP contribution < -0.4 is 11.1 Å². The maximum Gasteiger partial charge on any atom is 0.420 e. The Morgan fingerprint density at radius 3 is 3.00 bits per heavy atom. The van der Waals surface area contributed by atoms with E-state index in [1.165, 1.54) is 4.57 Å². The van der Waals surface area contributed by atoms with E-state index in [0.29, 0.717) is 29.8 Å². The lowest BCUT2D eigenvalue weighted by atomic mass is 10.2. The summed E-state index contributed by atoms with van der Waals surface area (Å²) >= 11 is 0. The fourth-order valence-electron chi connectivity index (χ4n) is 1.85. The maximum absolute atomic E-state index is 11.7. The molecule has 1 amide bonds. The summed E-state index contributed by atoms with van der Waals surface area (Å²) in [5, 5.41) is 11.7. The number of aliphatic hydroxyl groups excluding tert-OH is 1. The molecule has 0 unspecified atom stereocenters. The molecule has 108 valence electrons. The van der Waals surface area contributed by atoms with Gasteiger partial charge in [0.2, 0.25) is 5.91 Å². The Kier molecular flexibility index (Phi) is 4.54. The van der Waals surface area contributed by atoms with Crippen LogP contribution in [0.1, 0.15) is 5.56 Å². The van der Waals surface area contributed by atoms with E-state index in [0.717, 1.165) is 0 Å². The van der Waals surface area contributed by atoms with Crippen molar-refractivity contribution in [3.05, 3.63) is 34.3 Å². The second kappa shape index (κ2) is 6.36. The van der Waals surface area contributed by atoms with Crippen LogP contribution in [0.15, 0.2) is 27.4 Å². The molecule has 1 aromatic carbocycles. The first-order valence-corrected chi connectivity index (χ1v) is 6.14. The first-order chi connectivity index (χ1) is 9.65. The molecule has 2 aromatic rings. The van der Waals surface area contributed by atoms with Gasteiger partial charge in [0.15, 0.2) is 5.58 Å². The fourth-order valence-corrected chi connectivity index (χ4v) is 1.85. The highest BCUT2D eigenvalue weighted by Crippen LogP contribution is 2.15. The summed E-state index contributed by atoms with van der Waals surface area (Å²) in [5.74, 6) is -0.893. The molecule has 2 rings (SSSR count). The van der Waals surface area contributed by atoms with E-state index >= 15 is 0 Å². The van der Waals surface area contributed by atoms with Crippen LogP contribution in [0, 0.1) is 0 Å². The Morgan fingerprint density at radius 1 is 1.50 bits per heavy atom. The number of methoxy groups -OCH3 is 1. The number of nitrogens with one attached hydrogen (secondary N) is 1. The molecule has 0 atom stereocenters. The van der Waals surface area contributed by atoms with Crippen LogP contribution in [0.25, 0.3) is 11.1 Å². The van der Waals surface area contributed by atoms with Crippen LogP contribution in [-0.4, -0.2) is 35.8 Å². The molecular weight excluding hydrogens is 264 g/mol. The minimum atomic E-state index is -0.600. The zero-order valence-electron chi connectivity index (χ0n) is 11.1. The first-order valence-electron chi connectivity index (χ1n) is 6.14. The number of aromatic nitrogens is 1. The highest BCUT2D eigenvalue weighted by atomic mass is 16.5. The van der Waals surface area contributed by atoms with E-state index in [1.807, 2.05) is 0 Å². The molecule has 20 heavy (non-hydrogen) atoms. The van der Waals surface area contributed by atoms with Crippen LogP contribution in [0.5, 0.6) is 0 Å². The van der Waals surface area contributed by atoms with Crippen molar-refractivity contribution in [1.29, 1.82) is 0 Å². The molecular formula is C13H16N2O5. The Balaban J connectivity index is 2.19. The molecule has 7 heteroatoms. The summed E-state index contributed by atoms with van der Waals surface area (Å²) in [4.78, 5) is 23.4. The predicted molar refractivity (Wildman–Crippen MR) is 71.3 cm³/mol. The van der Waals surface area contributed by atoms with Crippen molar-refractivity contribution in [3.8, 4) is 0 Å². The van der Waals surface area contributed by atoms with Crippen LogP contribution in [-0.2, 0) is 22.7 Å². The number of hydrogen-bond acceptors (Lipinski definition) is 5. The summed E-state index contributed by atoms with van der Waals surface area (Å²) in [6.45, 7) is 0.539. The third-order valence-electron chi connectivity index (χ3n) is 2.85. The molecule has 0 aliphatic carbocycles. The average molecular weight is 280 g/mol. The predicted octanol–water partition coefficient (Wildman–Crippen LogP) is -0.151. The molecule has 1 heterocycles. The molecule has 0 aliphatic rings. The molecule has 0 saturated carbocycles. The van der Waals surface area contributed by atoms with Gasteiger partial charge in [-0.2, -0.15) is 0 Å². The highest BCUT2D eigenvalue weighted by Gasteiger charge is 2.12. The van der Waals surface area contributed by atoms with E-state index in [4.69, 9.17) is 14.3 Å². The number of rotatable bonds is 6. The number of carbonyl (C=O) groups excluding carboxylic acids is 1. The number of nitrogens with zero attached hydrogens (tertiary/aromatic N) is 1. The summed E-state index contributed by atoms with van der Waals surface area (Å²) in [6.07, 6.45) is 0. The van der Waals surface area contributed by atoms with Gasteiger partial charge in [-0.3, -0.25) is 9.36 Å². The molecule has 0 saturated heterocycles. The van der Waals surface area contributed by atoms with Crippen molar-refractivity contribution < 1.29 is 19.1 Å². The average Bonchev–Trinajstić information content (AvgIpc) is 2.74. The van der Waals surface area contributed by atoms with Crippen molar-refractivity contribution in [2.75, 3.05) is 20.3 Å². The van der Waals surface area contributed by atoms with Gasteiger partial charge >= 0.3 is 5.76 Å². The normalized spacial score (nSPS) is 10.9. The van der Waals surface area contributed by atoms with Gasteiger partial charge in [-0.25, -0.2) is 4.79 Å². The van der Waals surface area contributed by atoms with Crippen molar-refractivity contribution in [2.24, 2.45) is 0 Å². The Hall–Kier alpha value is -2.12. The second-order valence-electron chi connectivity index (χ2n) is 4.26. The Morgan fingerprint density at radius 2 is 2.30 bits per heavy atom. The largest absolute Gasteiger partial charge is 0.420 e. The zero-order chi connectivity index (χ0) is 14.5. The summed E-state index contributed by atoms with van der Waals surface area (Å²) in [5.41, 5.74) is 1.52. The lowest BCUT2D eigenvalue weighted by Gasteiger charge is -2.05. The monoisotopic (exact) mass is 280 g/mol. The van der Waals surface area contributed by atoms with Gasteiger partial charge in [0.25, 0.3) is 0 Å². The molecule has 0 bridgehead atoms. The van der Waals surface area contributed by atoms with Crippen LogP contribution in [0.4, 0.5) is 0 Å². The quantitative estimate of drug-likeness (QED) is 0.718. The fraction of sp³-hybridized carbons (Fsp3) is 0.385. The molecule has 0 radical (unpaired) electrons. The van der Waals surface area contributed by atoms with Gasteiger partial charge in [-0.15, -0.1) is 0 Å². The van der Waals surface area contributed by atoms with E-state index in [9.17, 15) is 9.59 Å². The van der Waals surface area contributed by atoms with Crippen molar-refractivity contribution in [1.82, 2.24) is 9.88 Å². The van der Waals surface area contributed by atoms with Gasteiger partial charge in [0, 0.05) is 13.7 Å². The zero-order valence-corrected chi connectivity index (χ0v) is 11.1. The molecule has 0 spiro atoms. The molecule has 7 nitrogen and oxygen atoms in total. The number of aliphatic hydroxyl groups is 1. The molecule has 0 aliphatic heterocycles. The van der Waals surface area contributed by atoms with E-state index in [1.54, 1.807) is 25.3 Å². The highest BCUT2D eigenvalue weighted by molar-refractivity contribution is 5.79. The smallest absolute Gasteiger partial charge is 0.408 e. The third kappa shape index (κ3) is 3.06. The SMILES string of the molecule is COCCNC(=O)Cn1c(=O)oc2cc(CO)ccc21. The minimum Gasteiger partial charge on any atom is -0.408 e. The molecule has 2 N–H and O–H groups in total. The van der Waals surface area contributed by atoms with E-state index in [2.05, 4.69) is 5.32 Å². The van der Waals surface area contributed by atoms with Crippen molar-refractivity contribution in [3.63, 3.8) is 0 Å². The standard InChI is InChI=1S/C13H16N2O5/c1-19-5-4-14-12(17)7-15-10-3-2-9(8-16)6-11(10)20-13(15)18/h2-3,6,16H,4-5,7-8H2,1H3,(H,14,17). The molecule has 0 fully saturated rings. The van der Waals surface area contributed by atoms with Gasteiger partial charge in [-0.05, 0) is 17.7 Å². The lowest BCUT2D eigenvalue weighted by Crippen LogP contribution is -2.32.